The van der Waals surface area contributed by atoms with Crippen molar-refractivity contribution in [1.82, 2.24) is 0 Å². The van der Waals surface area contributed by atoms with Crippen molar-refractivity contribution in [2.45, 2.75) is 12.2 Å². The highest BCUT2D eigenvalue weighted by atomic mass is 32.2. The third-order valence-corrected chi connectivity index (χ3v) is 3.00. The first-order chi connectivity index (χ1) is 6.74. The fraction of sp³-hybridized carbons (Fsp3) is 0.364. The van der Waals surface area contributed by atoms with Crippen LogP contribution in [0.3, 0.4) is 0 Å². The highest BCUT2D eigenvalue weighted by Gasteiger charge is 2.07. The number of hydrogen-bond acceptors (Lipinski definition) is 3. The van der Waals surface area contributed by atoms with E-state index in [9.17, 15) is 4.79 Å². The Morgan fingerprint density at radius 1 is 1.43 bits per heavy atom. The maximum absolute atomic E-state index is 11.6. The average Bonchev–Trinajstić information content (AvgIpc) is 2.26. The summed E-state index contributed by atoms with van der Waals surface area (Å²) in [4.78, 5) is 11.6. The Kier molecular flexibility index (Phi) is 4.70. The smallest absolute Gasteiger partial charge is 0.172 e. The van der Waals surface area contributed by atoms with Crippen LogP contribution in [0.4, 0.5) is 0 Å². The summed E-state index contributed by atoms with van der Waals surface area (Å²) in [6.07, 6.45) is 0. The normalized spacial score (nSPS) is 12.4. The molecule has 0 radical (unpaired) electrons. The Balaban J connectivity index is 2.44. The molecule has 0 aliphatic carbocycles. The van der Waals surface area contributed by atoms with Crippen LogP contribution in [0.2, 0.25) is 0 Å². The second-order valence-corrected chi connectivity index (χ2v) is 4.52. The maximum atomic E-state index is 11.6. The Hall–Kier alpha value is -0.800. The highest BCUT2D eigenvalue weighted by molar-refractivity contribution is 8.00. The van der Waals surface area contributed by atoms with E-state index in [4.69, 9.17) is 5.11 Å². The van der Waals surface area contributed by atoms with Crippen molar-refractivity contribution in [3.63, 3.8) is 0 Å². The second kappa shape index (κ2) is 5.83. The predicted molar refractivity (Wildman–Crippen MR) is 59.8 cm³/mol. The van der Waals surface area contributed by atoms with E-state index in [1.807, 2.05) is 37.3 Å². The van der Waals surface area contributed by atoms with Gasteiger partial charge < -0.3 is 5.11 Å². The van der Waals surface area contributed by atoms with Crippen LogP contribution < -0.4 is 0 Å². The van der Waals surface area contributed by atoms with Gasteiger partial charge in [0.25, 0.3) is 0 Å². The number of thioether (sulfide) groups is 1. The van der Waals surface area contributed by atoms with Crippen LogP contribution in [-0.4, -0.2) is 28.5 Å². The molecule has 3 heteroatoms. The average molecular weight is 210 g/mol. The van der Waals surface area contributed by atoms with Crippen LogP contribution in [0.5, 0.6) is 0 Å². The molecule has 0 aromatic heterocycles. The summed E-state index contributed by atoms with van der Waals surface area (Å²) in [6, 6.07) is 9.22. The zero-order chi connectivity index (χ0) is 10.4. The summed E-state index contributed by atoms with van der Waals surface area (Å²) in [5.74, 6) is 0.557. The van der Waals surface area contributed by atoms with Crippen molar-refractivity contribution in [2.75, 3.05) is 12.4 Å². The van der Waals surface area contributed by atoms with Crippen LogP contribution in [0.25, 0.3) is 0 Å². The molecule has 1 N–H and O–H groups in total. The van der Waals surface area contributed by atoms with E-state index in [1.165, 1.54) is 11.8 Å². The van der Waals surface area contributed by atoms with E-state index in [0.29, 0.717) is 5.75 Å². The minimum atomic E-state index is 0.118. The van der Waals surface area contributed by atoms with Crippen LogP contribution in [0.1, 0.15) is 17.3 Å². The summed E-state index contributed by atoms with van der Waals surface area (Å²) < 4.78 is 0. The zero-order valence-electron chi connectivity index (χ0n) is 8.14. The molecule has 1 rings (SSSR count). The lowest BCUT2D eigenvalue weighted by atomic mass is 10.2. The van der Waals surface area contributed by atoms with Gasteiger partial charge in [0.1, 0.15) is 0 Å². The summed E-state index contributed by atoms with van der Waals surface area (Å²) in [5, 5.41) is 8.91. The van der Waals surface area contributed by atoms with Gasteiger partial charge in [-0.15, -0.1) is 11.8 Å². The molecule has 1 aromatic carbocycles. The Morgan fingerprint density at radius 3 is 2.64 bits per heavy atom. The second-order valence-electron chi connectivity index (χ2n) is 3.09. The van der Waals surface area contributed by atoms with Gasteiger partial charge in [-0.25, -0.2) is 0 Å². The van der Waals surface area contributed by atoms with E-state index >= 15 is 0 Å². The van der Waals surface area contributed by atoms with Crippen molar-refractivity contribution in [3.05, 3.63) is 35.9 Å². The molecule has 0 bridgehead atoms. The van der Waals surface area contributed by atoms with Crippen LogP contribution in [-0.2, 0) is 0 Å². The van der Waals surface area contributed by atoms with Gasteiger partial charge in [0.2, 0.25) is 0 Å². The van der Waals surface area contributed by atoms with Crippen molar-refractivity contribution in [2.24, 2.45) is 0 Å². The van der Waals surface area contributed by atoms with Crippen molar-refractivity contribution in [3.8, 4) is 0 Å². The quantitative estimate of drug-likeness (QED) is 0.755. The van der Waals surface area contributed by atoms with E-state index in [2.05, 4.69) is 0 Å². The van der Waals surface area contributed by atoms with Crippen LogP contribution in [0.15, 0.2) is 30.3 Å². The van der Waals surface area contributed by atoms with Gasteiger partial charge in [-0.1, -0.05) is 37.3 Å². The van der Waals surface area contributed by atoms with E-state index in [-0.39, 0.29) is 17.6 Å². The first-order valence-electron chi connectivity index (χ1n) is 4.54. The molecule has 0 fully saturated rings. The molecule has 76 valence electrons. The van der Waals surface area contributed by atoms with Gasteiger partial charge in [-0.2, -0.15) is 0 Å². The number of Topliss-reactive ketones (excluding diaryl/α,β-unsaturated/α-hetero) is 1. The molecule has 0 amide bonds. The van der Waals surface area contributed by atoms with Crippen molar-refractivity contribution < 1.29 is 9.90 Å². The number of carbonyl (C=O) groups excluding carboxylic acids is 1. The number of hydrogen-bond donors (Lipinski definition) is 1. The van der Waals surface area contributed by atoms with Gasteiger partial charge in [0, 0.05) is 10.8 Å². The number of aliphatic hydroxyl groups excluding tert-OH is 1. The molecule has 0 aliphatic rings. The number of benzene rings is 1. The SMILES string of the molecule is CC(CO)SCC(=O)c1ccccc1. The molecule has 0 saturated carbocycles. The van der Waals surface area contributed by atoms with Gasteiger partial charge in [0.05, 0.1) is 12.4 Å². The molecule has 0 saturated heterocycles. The summed E-state index contributed by atoms with van der Waals surface area (Å²) >= 11 is 1.48. The lowest BCUT2D eigenvalue weighted by Gasteiger charge is -2.06. The zero-order valence-corrected chi connectivity index (χ0v) is 8.96. The molecule has 0 heterocycles. The number of ketones is 1. The standard InChI is InChI=1S/C11H14O2S/c1-9(7-12)14-8-11(13)10-5-3-2-4-6-10/h2-6,9,12H,7-8H2,1H3. The predicted octanol–water partition coefficient (Wildman–Crippen LogP) is 1.98. The molecule has 14 heavy (non-hydrogen) atoms. The molecule has 1 aromatic rings. The van der Waals surface area contributed by atoms with Crippen molar-refractivity contribution in [1.29, 1.82) is 0 Å². The van der Waals surface area contributed by atoms with E-state index in [0.717, 1.165) is 5.56 Å². The summed E-state index contributed by atoms with van der Waals surface area (Å²) in [5.41, 5.74) is 0.741. The third-order valence-electron chi connectivity index (χ3n) is 1.85. The topological polar surface area (TPSA) is 37.3 Å². The van der Waals surface area contributed by atoms with Crippen LogP contribution in [0, 0.1) is 0 Å². The minimum Gasteiger partial charge on any atom is -0.395 e. The number of aliphatic hydroxyl groups is 1. The minimum absolute atomic E-state index is 0.118. The fourth-order valence-electron chi connectivity index (χ4n) is 0.978. The van der Waals surface area contributed by atoms with Gasteiger partial charge in [0.15, 0.2) is 5.78 Å². The Morgan fingerprint density at radius 2 is 2.07 bits per heavy atom. The lowest BCUT2D eigenvalue weighted by molar-refractivity contribution is 0.102. The largest absolute Gasteiger partial charge is 0.395 e. The van der Waals surface area contributed by atoms with Crippen LogP contribution >= 0.6 is 11.8 Å². The molecule has 1 unspecified atom stereocenters. The number of rotatable bonds is 5. The highest BCUT2D eigenvalue weighted by Crippen LogP contribution is 2.12. The summed E-state index contributed by atoms with van der Waals surface area (Å²) in [7, 11) is 0. The van der Waals surface area contributed by atoms with Gasteiger partial charge in [-0.05, 0) is 0 Å². The summed E-state index contributed by atoms with van der Waals surface area (Å²) in [6.45, 7) is 2.02. The van der Waals surface area contributed by atoms with Gasteiger partial charge in [-0.3, -0.25) is 4.79 Å². The van der Waals surface area contributed by atoms with E-state index < -0.39 is 0 Å². The fourth-order valence-corrected chi connectivity index (χ4v) is 1.69. The molecular weight excluding hydrogens is 196 g/mol. The van der Waals surface area contributed by atoms with Crippen molar-refractivity contribution >= 4 is 17.5 Å². The monoisotopic (exact) mass is 210 g/mol. The lowest BCUT2D eigenvalue weighted by Crippen LogP contribution is -2.09. The molecule has 1 atom stereocenters. The first-order valence-corrected chi connectivity index (χ1v) is 5.59. The number of carbonyl (C=O) groups is 1. The van der Waals surface area contributed by atoms with Gasteiger partial charge >= 0.3 is 0 Å². The Bertz CT molecular complexity index is 285. The Labute approximate surface area is 88.3 Å². The van der Waals surface area contributed by atoms with E-state index in [1.54, 1.807) is 0 Å². The third kappa shape index (κ3) is 3.52. The molecule has 0 spiro atoms. The molecular formula is C11H14O2S. The molecule has 2 nitrogen and oxygen atoms in total. The first kappa shape index (κ1) is 11.3. The molecule has 0 aliphatic heterocycles. The maximum Gasteiger partial charge on any atom is 0.172 e.